The van der Waals surface area contributed by atoms with E-state index < -0.39 is 16.6 Å². The van der Waals surface area contributed by atoms with Gasteiger partial charge in [-0.3, -0.25) is 0 Å². The van der Waals surface area contributed by atoms with Crippen molar-refractivity contribution >= 4 is 39.2 Å². The van der Waals surface area contributed by atoms with Crippen molar-refractivity contribution in [3.63, 3.8) is 0 Å². The van der Waals surface area contributed by atoms with E-state index in [9.17, 15) is 0 Å². The van der Waals surface area contributed by atoms with Crippen molar-refractivity contribution < 1.29 is 8.85 Å². The van der Waals surface area contributed by atoms with E-state index in [1.807, 2.05) is 0 Å². The first-order valence-corrected chi connectivity index (χ1v) is 16.5. The van der Waals surface area contributed by atoms with Crippen LogP contribution in [0.2, 0.25) is 36.3 Å². The van der Waals surface area contributed by atoms with Crippen LogP contribution in [0, 0.1) is 5.92 Å². The van der Waals surface area contributed by atoms with E-state index in [0.717, 1.165) is 13.0 Å². The molecule has 150 valence electrons. The highest BCUT2D eigenvalue weighted by Gasteiger charge is 2.41. The second-order valence-electron chi connectivity index (χ2n) is 10.4. The third-order valence-electron chi connectivity index (χ3n) is 6.00. The highest BCUT2D eigenvalue weighted by atomic mass is 127. The Kier molecular flexibility index (Phi) is 9.66. The van der Waals surface area contributed by atoms with Gasteiger partial charge in [-0.25, -0.2) is 0 Å². The first-order valence-electron chi connectivity index (χ1n) is 9.56. The molecule has 25 heavy (non-hydrogen) atoms. The molecule has 5 heteroatoms. The zero-order valence-electron chi connectivity index (χ0n) is 18.8. The fraction of sp³-hybridized carbons (Fsp3) is 0.900. The summed E-state index contributed by atoms with van der Waals surface area (Å²) in [6, 6.07) is 0. The van der Waals surface area contributed by atoms with E-state index in [4.69, 9.17) is 8.85 Å². The Labute approximate surface area is 173 Å². The molecule has 0 unspecified atom stereocenters. The lowest BCUT2D eigenvalue weighted by molar-refractivity contribution is 0.113. The Morgan fingerprint density at radius 3 is 1.76 bits per heavy atom. The van der Waals surface area contributed by atoms with E-state index in [2.05, 4.69) is 110 Å². The molecule has 0 aromatic heterocycles. The molecule has 2 atom stereocenters. The number of hydrogen-bond donors (Lipinski definition) is 0. The van der Waals surface area contributed by atoms with Crippen LogP contribution in [0.1, 0.15) is 61.8 Å². The SMILES string of the molecule is CC(I)=C[C@H](C)[C@H](CCO[Si](C)(C)C(C)(C)C)O[Si](C)(C)C(C)(C)C. The molecule has 0 fully saturated rings. The molecule has 0 radical (unpaired) electrons. The summed E-state index contributed by atoms with van der Waals surface area (Å²) in [5.41, 5.74) is 0. The van der Waals surface area contributed by atoms with Crippen LogP contribution < -0.4 is 0 Å². The van der Waals surface area contributed by atoms with Crippen LogP contribution in [0.3, 0.4) is 0 Å². The Bertz CT molecular complexity index is 442. The summed E-state index contributed by atoms with van der Waals surface area (Å²) in [5, 5.41) is 0.488. The van der Waals surface area contributed by atoms with Crippen molar-refractivity contribution in [2.24, 2.45) is 5.92 Å². The highest BCUT2D eigenvalue weighted by molar-refractivity contribution is 14.1. The molecular weight excluding hydrogens is 455 g/mol. The number of hydrogen-bond acceptors (Lipinski definition) is 2. The summed E-state index contributed by atoms with van der Waals surface area (Å²) in [4.78, 5) is 0. The molecule has 0 rings (SSSR count). The molecule has 0 saturated heterocycles. The molecule has 0 aromatic carbocycles. The minimum Gasteiger partial charge on any atom is -0.417 e. The Morgan fingerprint density at radius 1 is 0.960 bits per heavy atom. The van der Waals surface area contributed by atoms with E-state index in [1.165, 1.54) is 3.58 Å². The summed E-state index contributed by atoms with van der Waals surface area (Å²) in [6.07, 6.45) is 3.54. The maximum absolute atomic E-state index is 6.79. The van der Waals surface area contributed by atoms with Crippen LogP contribution in [0.25, 0.3) is 0 Å². The Hall–Kier alpha value is 0.824. The normalized spacial score (nSPS) is 17.6. The molecule has 0 saturated carbocycles. The minimum atomic E-state index is -1.79. The molecule has 0 amide bonds. The quantitative estimate of drug-likeness (QED) is 0.251. The third-order valence-corrected chi connectivity index (χ3v) is 15.4. The van der Waals surface area contributed by atoms with E-state index in [1.54, 1.807) is 0 Å². The van der Waals surface area contributed by atoms with Crippen molar-refractivity contribution in [1.29, 1.82) is 0 Å². The maximum atomic E-state index is 6.79. The molecule has 0 bridgehead atoms. The summed E-state index contributed by atoms with van der Waals surface area (Å²) >= 11 is 2.40. The Morgan fingerprint density at radius 2 is 1.40 bits per heavy atom. The topological polar surface area (TPSA) is 18.5 Å². The average Bonchev–Trinajstić information content (AvgIpc) is 2.33. The van der Waals surface area contributed by atoms with E-state index >= 15 is 0 Å². The van der Waals surface area contributed by atoms with Crippen LogP contribution in [0.5, 0.6) is 0 Å². The van der Waals surface area contributed by atoms with Gasteiger partial charge >= 0.3 is 0 Å². The summed E-state index contributed by atoms with van der Waals surface area (Å²) in [6.45, 7) is 28.4. The molecule has 0 aromatic rings. The van der Waals surface area contributed by atoms with Gasteiger partial charge in [0, 0.05) is 12.5 Å². The number of rotatable bonds is 8. The highest BCUT2D eigenvalue weighted by Crippen LogP contribution is 2.39. The maximum Gasteiger partial charge on any atom is 0.192 e. The molecule has 0 N–H and O–H groups in total. The van der Waals surface area contributed by atoms with Crippen molar-refractivity contribution in [3.05, 3.63) is 9.66 Å². The molecule has 0 spiro atoms. The molecular formula is C20H43IO2Si2. The van der Waals surface area contributed by atoms with Gasteiger partial charge in [0.1, 0.15) is 0 Å². The zero-order chi connectivity index (χ0) is 20.3. The van der Waals surface area contributed by atoms with E-state index in [0.29, 0.717) is 5.92 Å². The van der Waals surface area contributed by atoms with Crippen molar-refractivity contribution in [1.82, 2.24) is 0 Å². The van der Waals surface area contributed by atoms with Crippen LogP contribution >= 0.6 is 22.6 Å². The molecule has 2 nitrogen and oxygen atoms in total. The van der Waals surface area contributed by atoms with Gasteiger partial charge in [0.25, 0.3) is 0 Å². The Balaban J connectivity index is 5.15. The minimum absolute atomic E-state index is 0.230. The van der Waals surface area contributed by atoms with Crippen molar-refractivity contribution in [3.8, 4) is 0 Å². The zero-order valence-corrected chi connectivity index (χ0v) is 23.0. The van der Waals surface area contributed by atoms with Crippen molar-refractivity contribution in [2.75, 3.05) is 6.61 Å². The second kappa shape index (κ2) is 9.35. The lowest BCUT2D eigenvalue weighted by Gasteiger charge is -2.41. The molecule has 0 aliphatic carbocycles. The third kappa shape index (κ3) is 8.58. The first-order chi connectivity index (χ1) is 10.9. The standard InChI is InChI=1S/C20H43IO2Si2/c1-16(15-17(2)21)18(23-25(11,12)20(6,7)8)13-14-22-24(9,10)19(3,4)5/h15-16,18H,13-14H2,1-12H3/t16-,18-/m0/s1. The molecule has 0 aliphatic heterocycles. The summed E-state index contributed by atoms with van der Waals surface area (Å²) in [5.74, 6) is 0.411. The lowest BCUT2D eigenvalue weighted by Crippen LogP contribution is -2.46. The van der Waals surface area contributed by atoms with Gasteiger partial charge in [-0.2, -0.15) is 0 Å². The summed E-state index contributed by atoms with van der Waals surface area (Å²) < 4.78 is 14.6. The fourth-order valence-corrected chi connectivity index (χ4v) is 5.17. The largest absolute Gasteiger partial charge is 0.417 e. The average molecular weight is 499 g/mol. The van der Waals surface area contributed by atoms with Gasteiger partial charge in [-0.05, 0) is 75.8 Å². The monoisotopic (exact) mass is 498 g/mol. The van der Waals surface area contributed by atoms with Gasteiger partial charge in [-0.15, -0.1) is 0 Å². The van der Waals surface area contributed by atoms with Crippen LogP contribution in [-0.4, -0.2) is 29.3 Å². The van der Waals surface area contributed by atoms with Gasteiger partial charge in [0.2, 0.25) is 0 Å². The number of halogens is 1. The van der Waals surface area contributed by atoms with Gasteiger partial charge in [0.15, 0.2) is 16.6 Å². The smallest absolute Gasteiger partial charge is 0.192 e. The van der Waals surface area contributed by atoms with Crippen LogP contribution in [0.4, 0.5) is 0 Å². The van der Waals surface area contributed by atoms with Gasteiger partial charge < -0.3 is 8.85 Å². The number of allylic oxidation sites excluding steroid dienone is 1. The first kappa shape index (κ1) is 25.8. The predicted molar refractivity (Wildman–Crippen MR) is 127 cm³/mol. The van der Waals surface area contributed by atoms with Crippen LogP contribution in [-0.2, 0) is 8.85 Å². The molecule has 0 heterocycles. The summed E-state index contributed by atoms with van der Waals surface area (Å²) in [7, 11) is -3.49. The van der Waals surface area contributed by atoms with Gasteiger partial charge in [-0.1, -0.05) is 54.5 Å². The van der Waals surface area contributed by atoms with Gasteiger partial charge in [0.05, 0.1) is 6.10 Å². The van der Waals surface area contributed by atoms with Crippen LogP contribution in [0.15, 0.2) is 9.66 Å². The lowest BCUT2D eigenvalue weighted by atomic mass is 10.0. The second-order valence-corrected chi connectivity index (χ2v) is 21.7. The van der Waals surface area contributed by atoms with Crippen molar-refractivity contribution in [2.45, 2.75) is 104 Å². The predicted octanol–water partition coefficient (Wildman–Crippen LogP) is 7.76. The van der Waals surface area contributed by atoms with E-state index in [-0.39, 0.29) is 16.2 Å². The fourth-order valence-electron chi connectivity index (χ4n) is 2.10. The molecule has 0 aliphatic rings.